The van der Waals surface area contributed by atoms with E-state index in [2.05, 4.69) is 35.3 Å². The molecule has 1 aromatic carbocycles. The maximum Gasteiger partial charge on any atom is 0.146 e. The van der Waals surface area contributed by atoms with Crippen LogP contribution in [0.1, 0.15) is 31.7 Å². The Labute approximate surface area is 115 Å². The zero-order chi connectivity index (χ0) is 13.1. The highest BCUT2D eigenvalue weighted by molar-refractivity contribution is 5.61. The second-order valence-corrected chi connectivity index (χ2v) is 5.75. The van der Waals surface area contributed by atoms with E-state index < -0.39 is 0 Å². The van der Waals surface area contributed by atoms with E-state index in [0.29, 0.717) is 0 Å². The fraction of sp³-hybridized carbons (Fsp3) is 0.625. The molecule has 3 heteroatoms. The highest BCUT2D eigenvalue weighted by atomic mass is 16.5. The Bertz CT molecular complexity index is 429. The minimum absolute atomic E-state index is 0.778. The monoisotopic (exact) mass is 260 g/mol. The highest BCUT2D eigenvalue weighted by Gasteiger charge is 2.25. The molecule has 0 spiro atoms. The van der Waals surface area contributed by atoms with Gasteiger partial charge in [0.2, 0.25) is 0 Å². The molecular formula is C16H24N2O. The molecule has 1 fully saturated rings. The van der Waals surface area contributed by atoms with E-state index in [1.807, 2.05) is 0 Å². The summed E-state index contributed by atoms with van der Waals surface area (Å²) < 4.78 is 5.87. The zero-order valence-corrected chi connectivity index (χ0v) is 11.8. The van der Waals surface area contributed by atoms with Crippen LogP contribution in [0.4, 0.5) is 5.69 Å². The van der Waals surface area contributed by atoms with Crippen LogP contribution < -0.4 is 10.1 Å². The van der Waals surface area contributed by atoms with Gasteiger partial charge in [-0.1, -0.05) is 19.1 Å². The van der Waals surface area contributed by atoms with Crippen molar-refractivity contribution in [1.29, 1.82) is 0 Å². The lowest BCUT2D eigenvalue weighted by Crippen LogP contribution is -2.27. The predicted molar refractivity (Wildman–Crippen MR) is 78.7 cm³/mol. The first-order valence-electron chi connectivity index (χ1n) is 7.57. The molecule has 0 aromatic heterocycles. The fourth-order valence-corrected chi connectivity index (χ4v) is 2.82. The van der Waals surface area contributed by atoms with Crippen LogP contribution in [0.3, 0.4) is 0 Å². The number of hydrogen-bond donors (Lipinski definition) is 1. The predicted octanol–water partition coefficient (Wildman–Crippen LogP) is 3.11. The second-order valence-electron chi connectivity index (χ2n) is 5.75. The normalized spacial score (nSPS) is 17.8. The van der Waals surface area contributed by atoms with Crippen molar-refractivity contribution in [1.82, 2.24) is 4.90 Å². The molecule has 0 amide bonds. The summed E-state index contributed by atoms with van der Waals surface area (Å²) in [5.74, 6) is 2.02. The Kier molecular flexibility index (Phi) is 3.92. The number of hydrogen-bond acceptors (Lipinski definition) is 3. The summed E-state index contributed by atoms with van der Waals surface area (Å²) in [5, 5.41) is 3.42. The summed E-state index contributed by atoms with van der Waals surface area (Å²) in [6, 6.07) is 6.46. The molecule has 2 aliphatic rings. The summed E-state index contributed by atoms with van der Waals surface area (Å²) in [7, 11) is 0. The number of nitrogens with one attached hydrogen (secondary N) is 1. The van der Waals surface area contributed by atoms with Gasteiger partial charge in [0.05, 0.1) is 5.69 Å². The minimum Gasteiger partial charge on any atom is -0.489 e. The van der Waals surface area contributed by atoms with Gasteiger partial charge in [0, 0.05) is 25.2 Å². The van der Waals surface area contributed by atoms with E-state index in [1.54, 1.807) is 0 Å². The highest BCUT2D eigenvalue weighted by Crippen LogP contribution is 2.34. The van der Waals surface area contributed by atoms with Gasteiger partial charge in [-0.25, -0.2) is 0 Å². The third-order valence-corrected chi connectivity index (χ3v) is 3.91. The fourth-order valence-electron chi connectivity index (χ4n) is 2.82. The first-order valence-corrected chi connectivity index (χ1v) is 7.57. The van der Waals surface area contributed by atoms with Crippen LogP contribution in [0.2, 0.25) is 0 Å². The lowest BCUT2D eigenvalue weighted by Gasteiger charge is -2.26. The van der Waals surface area contributed by atoms with Crippen LogP contribution in [-0.2, 0) is 6.54 Å². The van der Waals surface area contributed by atoms with Crippen molar-refractivity contribution in [3.05, 3.63) is 23.8 Å². The summed E-state index contributed by atoms with van der Waals surface area (Å²) >= 11 is 0. The lowest BCUT2D eigenvalue weighted by atomic mass is 10.1. The third-order valence-electron chi connectivity index (χ3n) is 3.91. The molecule has 0 bridgehead atoms. The molecule has 0 saturated heterocycles. The molecule has 1 aromatic rings. The SMILES string of the molecule is CCCN(Cc1cccc2c1OCCN2)CC1CC1. The van der Waals surface area contributed by atoms with Gasteiger partial charge in [-0.05, 0) is 37.8 Å². The van der Waals surface area contributed by atoms with E-state index >= 15 is 0 Å². The standard InChI is InChI=1S/C16H24N2O/c1-2-9-18(11-13-6-7-13)12-14-4-3-5-15-16(14)19-10-8-17-15/h3-5,13,17H,2,6-12H2,1H3. The number of anilines is 1. The lowest BCUT2D eigenvalue weighted by molar-refractivity contribution is 0.246. The molecule has 3 nitrogen and oxygen atoms in total. The molecule has 1 heterocycles. The largest absolute Gasteiger partial charge is 0.489 e. The van der Waals surface area contributed by atoms with Gasteiger partial charge in [0.25, 0.3) is 0 Å². The van der Waals surface area contributed by atoms with Crippen LogP contribution in [-0.4, -0.2) is 31.1 Å². The molecular weight excluding hydrogens is 236 g/mol. The Morgan fingerprint density at radius 3 is 3.05 bits per heavy atom. The third kappa shape index (κ3) is 3.21. The van der Waals surface area contributed by atoms with Gasteiger partial charge in [-0.15, -0.1) is 0 Å². The molecule has 104 valence electrons. The van der Waals surface area contributed by atoms with E-state index in [9.17, 15) is 0 Å². The summed E-state index contributed by atoms with van der Waals surface area (Å²) in [6.45, 7) is 7.42. The van der Waals surface area contributed by atoms with E-state index in [0.717, 1.165) is 37.1 Å². The maximum absolute atomic E-state index is 5.87. The van der Waals surface area contributed by atoms with Crippen LogP contribution in [0.25, 0.3) is 0 Å². The maximum atomic E-state index is 5.87. The number of nitrogens with zero attached hydrogens (tertiary/aromatic N) is 1. The minimum atomic E-state index is 0.778. The van der Waals surface area contributed by atoms with Crippen LogP contribution in [0, 0.1) is 5.92 Å². The smallest absolute Gasteiger partial charge is 0.146 e. The Hall–Kier alpha value is -1.22. The quantitative estimate of drug-likeness (QED) is 0.850. The van der Waals surface area contributed by atoms with Crippen molar-refractivity contribution < 1.29 is 4.74 Å². The van der Waals surface area contributed by atoms with Crippen molar-refractivity contribution in [3.8, 4) is 5.75 Å². The van der Waals surface area contributed by atoms with E-state index in [1.165, 1.54) is 37.9 Å². The number of ether oxygens (including phenoxy) is 1. The average molecular weight is 260 g/mol. The first-order chi connectivity index (χ1) is 9.36. The van der Waals surface area contributed by atoms with Crippen molar-refractivity contribution in [2.24, 2.45) is 5.92 Å². The zero-order valence-electron chi connectivity index (χ0n) is 11.8. The molecule has 0 radical (unpaired) electrons. The molecule has 0 unspecified atom stereocenters. The van der Waals surface area contributed by atoms with Crippen LogP contribution in [0.5, 0.6) is 5.75 Å². The molecule has 1 aliphatic heterocycles. The van der Waals surface area contributed by atoms with Crippen molar-refractivity contribution in [2.45, 2.75) is 32.7 Å². The van der Waals surface area contributed by atoms with Crippen molar-refractivity contribution >= 4 is 5.69 Å². The Morgan fingerprint density at radius 1 is 1.37 bits per heavy atom. The van der Waals surface area contributed by atoms with Crippen LogP contribution in [0.15, 0.2) is 18.2 Å². The van der Waals surface area contributed by atoms with Gasteiger partial charge in [0.15, 0.2) is 0 Å². The number of rotatable bonds is 6. The Balaban J connectivity index is 1.72. The molecule has 0 atom stereocenters. The summed E-state index contributed by atoms with van der Waals surface area (Å²) in [5.41, 5.74) is 2.49. The van der Waals surface area contributed by atoms with E-state index in [4.69, 9.17) is 4.74 Å². The molecule has 1 N–H and O–H groups in total. The second kappa shape index (κ2) is 5.83. The van der Waals surface area contributed by atoms with Gasteiger partial charge >= 0.3 is 0 Å². The summed E-state index contributed by atoms with van der Waals surface area (Å²) in [4.78, 5) is 2.59. The van der Waals surface area contributed by atoms with E-state index in [-0.39, 0.29) is 0 Å². The van der Waals surface area contributed by atoms with Crippen molar-refractivity contribution in [2.75, 3.05) is 31.6 Å². The molecule has 1 aliphatic carbocycles. The topological polar surface area (TPSA) is 24.5 Å². The van der Waals surface area contributed by atoms with Gasteiger partial charge in [-0.2, -0.15) is 0 Å². The molecule has 1 saturated carbocycles. The Morgan fingerprint density at radius 2 is 2.26 bits per heavy atom. The van der Waals surface area contributed by atoms with Gasteiger partial charge in [-0.3, -0.25) is 4.90 Å². The number of fused-ring (bicyclic) bond motifs is 1. The molecule has 3 rings (SSSR count). The number of para-hydroxylation sites is 1. The van der Waals surface area contributed by atoms with Gasteiger partial charge in [0.1, 0.15) is 12.4 Å². The van der Waals surface area contributed by atoms with Gasteiger partial charge < -0.3 is 10.1 Å². The number of benzene rings is 1. The molecule has 19 heavy (non-hydrogen) atoms. The van der Waals surface area contributed by atoms with Crippen molar-refractivity contribution in [3.63, 3.8) is 0 Å². The first kappa shape index (κ1) is 12.8. The van der Waals surface area contributed by atoms with Crippen LogP contribution >= 0.6 is 0 Å². The average Bonchev–Trinajstić information content (AvgIpc) is 3.23. The summed E-state index contributed by atoms with van der Waals surface area (Å²) in [6.07, 6.45) is 4.07.